The quantitative estimate of drug-likeness (QED) is 0.786. The predicted octanol–water partition coefficient (Wildman–Crippen LogP) is 1.98. The Balaban J connectivity index is 2.05. The monoisotopic (exact) mass is 218 g/mol. The zero-order chi connectivity index (χ0) is 11.5. The summed E-state index contributed by atoms with van der Waals surface area (Å²) >= 11 is 0. The summed E-state index contributed by atoms with van der Waals surface area (Å²) in [4.78, 5) is 4.38. The van der Waals surface area contributed by atoms with Crippen molar-refractivity contribution in [2.75, 3.05) is 0 Å². The fraction of sp³-hybridized carbons (Fsp3) is 0.500. The minimum absolute atomic E-state index is 0.474. The molecule has 2 heterocycles. The Labute approximate surface area is 95.9 Å². The lowest BCUT2D eigenvalue weighted by Crippen LogP contribution is -2.09. The van der Waals surface area contributed by atoms with Crippen LogP contribution in [0, 0.1) is 0 Å². The Kier molecular flexibility index (Phi) is 3.08. The van der Waals surface area contributed by atoms with Crippen LogP contribution in [0.4, 0.5) is 0 Å². The third-order valence-corrected chi connectivity index (χ3v) is 2.80. The van der Waals surface area contributed by atoms with Gasteiger partial charge in [0.2, 0.25) is 0 Å². The van der Waals surface area contributed by atoms with E-state index in [9.17, 15) is 0 Å². The number of aryl methyl sites for hydroxylation is 3. The molecule has 2 aromatic rings. The molecule has 4 nitrogen and oxygen atoms in total. The van der Waals surface area contributed by atoms with Crippen LogP contribution in [0.3, 0.4) is 0 Å². The zero-order valence-electron chi connectivity index (χ0n) is 10.1. The average molecular weight is 218 g/mol. The molecule has 2 rings (SSSR count). The van der Waals surface area contributed by atoms with Crippen LogP contribution in [0.25, 0.3) is 0 Å². The lowest BCUT2D eigenvalue weighted by Gasteiger charge is -2.10. The Bertz CT molecular complexity index is 453. The van der Waals surface area contributed by atoms with Gasteiger partial charge in [-0.15, -0.1) is 0 Å². The topological polar surface area (TPSA) is 35.6 Å². The minimum atomic E-state index is 0.474. The Morgan fingerprint density at radius 1 is 1.31 bits per heavy atom. The van der Waals surface area contributed by atoms with Gasteiger partial charge in [0.25, 0.3) is 0 Å². The smallest absolute Gasteiger partial charge is 0.111 e. The van der Waals surface area contributed by atoms with Gasteiger partial charge in [-0.3, -0.25) is 4.68 Å². The van der Waals surface area contributed by atoms with E-state index in [1.807, 2.05) is 30.3 Å². The van der Waals surface area contributed by atoms with Crippen molar-refractivity contribution in [3.8, 4) is 0 Å². The number of aromatic nitrogens is 4. The first-order valence-corrected chi connectivity index (χ1v) is 5.66. The second-order valence-electron chi connectivity index (χ2n) is 4.33. The van der Waals surface area contributed by atoms with Crippen molar-refractivity contribution >= 4 is 0 Å². The molecule has 0 fully saturated rings. The summed E-state index contributed by atoms with van der Waals surface area (Å²) in [5, 5.41) is 4.17. The van der Waals surface area contributed by atoms with E-state index in [4.69, 9.17) is 0 Å². The van der Waals surface area contributed by atoms with Crippen molar-refractivity contribution in [1.29, 1.82) is 0 Å². The summed E-state index contributed by atoms with van der Waals surface area (Å²) in [5.74, 6) is 1.63. The molecule has 2 aromatic heterocycles. The number of imidazole rings is 1. The molecule has 0 spiro atoms. The van der Waals surface area contributed by atoms with Crippen molar-refractivity contribution in [3.63, 3.8) is 0 Å². The highest BCUT2D eigenvalue weighted by Gasteiger charge is 2.07. The molecule has 0 aliphatic rings. The summed E-state index contributed by atoms with van der Waals surface area (Å²) in [5.41, 5.74) is 1.25. The summed E-state index contributed by atoms with van der Waals surface area (Å²) in [6, 6.07) is 2.06. The lowest BCUT2D eigenvalue weighted by atomic mass is 10.2. The zero-order valence-corrected chi connectivity index (χ0v) is 10.1. The Hall–Kier alpha value is -1.58. The second-order valence-corrected chi connectivity index (χ2v) is 4.33. The maximum Gasteiger partial charge on any atom is 0.111 e. The average Bonchev–Trinajstić information content (AvgIpc) is 2.83. The molecule has 86 valence electrons. The van der Waals surface area contributed by atoms with Gasteiger partial charge in [0.1, 0.15) is 5.82 Å². The Morgan fingerprint density at radius 2 is 2.12 bits per heavy atom. The Morgan fingerprint density at radius 3 is 2.75 bits per heavy atom. The standard InChI is InChI=1S/C12H18N4/c1-10(2)12-13-7-9-16(12)8-5-11-4-6-14-15(11)3/h4,6-7,9-10H,5,8H2,1-3H3. The maximum atomic E-state index is 4.38. The van der Waals surface area contributed by atoms with Crippen molar-refractivity contribution < 1.29 is 0 Å². The highest BCUT2D eigenvalue weighted by Crippen LogP contribution is 2.12. The van der Waals surface area contributed by atoms with E-state index in [1.165, 1.54) is 5.69 Å². The van der Waals surface area contributed by atoms with Crippen molar-refractivity contribution in [3.05, 3.63) is 36.2 Å². The molecule has 0 N–H and O–H groups in total. The van der Waals surface area contributed by atoms with E-state index >= 15 is 0 Å². The van der Waals surface area contributed by atoms with Crippen LogP contribution >= 0.6 is 0 Å². The van der Waals surface area contributed by atoms with Crippen molar-refractivity contribution in [2.45, 2.75) is 32.7 Å². The summed E-state index contributed by atoms with van der Waals surface area (Å²) in [6.45, 7) is 5.30. The normalized spacial score (nSPS) is 11.2. The molecule has 0 amide bonds. The minimum Gasteiger partial charge on any atom is -0.334 e. The van der Waals surface area contributed by atoms with E-state index < -0.39 is 0 Å². The van der Waals surface area contributed by atoms with Crippen LogP contribution in [0.5, 0.6) is 0 Å². The SMILES string of the molecule is CC(C)c1nccn1CCc1ccnn1C. The molecule has 0 radical (unpaired) electrons. The third-order valence-electron chi connectivity index (χ3n) is 2.80. The van der Waals surface area contributed by atoms with Gasteiger partial charge in [-0.25, -0.2) is 4.98 Å². The summed E-state index contributed by atoms with van der Waals surface area (Å²) in [6.07, 6.45) is 6.75. The van der Waals surface area contributed by atoms with Crippen molar-refractivity contribution in [1.82, 2.24) is 19.3 Å². The van der Waals surface area contributed by atoms with Crippen LogP contribution in [0.15, 0.2) is 24.7 Å². The van der Waals surface area contributed by atoms with E-state index in [-0.39, 0.29) is 0 Å². The molecule has 16 heavy (non-hydrogen) atoms. The van der Waals surface area contributed by atoms with Gasteiger partial charge >= 0.3 is 0 Å². The van der Waals surface area contributed by atoms with Gasteiger partial charge < -0.3 is 4.57 Å². The fourth-order valence-corrected chi connectivity index (χ4v) is 1.89. The largest absolute Gasteiger partial charge is 0.334 e. The van der Waals surface area contributed by atoms with Gasteiger partial charge in [0.05, 0.1) is 0 Å². The molecule has 0 atom stereocenters. The van der Waals surface area contributed by atoms with E-state index in [1.54, 1.807) is 0 Å². The number of rotatable bonds is 4. The lowest BCUT2D eigenvalue weighted by molar-refractivity contribution is 0.594. The molecule has 0 bridgehead atoms. The van der Waals surface area contributed by atoms with Crippen LogP contribution in [-0.4, -0.2) is 19.3 Å². The fourth-order valence-electron chi connectivity index (χ4n) is 1.89. The first kappa shape index (κ1) is 10.9. The first-order chi connectivity index (χ1) is 7.68. The third kappa shape index (κ3) is 2.15. The molecule has 0 unspecified atom stereocenters. The highest BCUT2D eigenvalue weighted by molar-refractivity contribution is 5.02. The van der Waals surface area contributed by atoms with E-state index in [0.717, 1.165) is 18.8 Å². The van der Waals surface area contributed by atoms with Crippen LogP contribution < -0.4 is 0 Å². The summed E-state index contributed by atoms with van der Waals surface area (Å²) < 4.78 is 4.14. The number of hydrogen-bond donors (Lipinski definition) is 0. The van der Waals surface area contributed by atoms with Gasteiger partial charge in [-0.05, 0) is 6.07 Å². The van der Waals surface area contributed by atoms with Gasteiger partial charge in [0, 0.05) is 50.2 Å². The van der Waals surface area contributed by atoms with E-state index in [0.29, 0.717) is 5.92 Å². The van der Waals surface area contributed by atoms with Crippen LogP contribution in [0.1, 0.15) is 31.3 Å². The second kappa shape index (κ2) is 4.51. The molecule has 0 aliphatic carbocycles. The molecule has 4 heteroatoms. The van der Waals surface area contributed by atoms with Gasteiger partial charge in [-0.2, -0.15) is 5.10 Å². The maximum absolute atomic E-state index is 4.38. The van der Waals surface area contributed by atoms with Gasteiger partial charge in [0.15, 0.2) is 0 Å². The number of nitrogens with zero attached hydrogens (tertiary/aromatic N) is 4. The highest BCUT2D eigenvalue weighted by atomic mass is 15.3. The molecular formula is C12H18N4. The molecule has 0 saturated carbocycles. The van der Waals surface area contributed by atoms with Crippen LogP contribution in [0.2, 0.25) is 0 Å². The predicted molar refractivity (Wildman–Crippen MR) is 63.2 cm³/mol. The molecular weight excluding hydrogens is 200 g/mol. The molecule has 0 aromatic carbocycles. The summed E-state index contributed by atoms with van der Waals surface area (Å²) in [7, 11) is 1.98. The first-order valence-electron chi connectivity index (χ1n) is 5.66. The van der Waals surface area contributed by atoms with Gasteiger partial charge in [-0.1, -0.05) is 13.8 Å². The van der Waals surface area contributed by atoms with Crippen LogP contribution in [-0.2, 0) is 20.0 Å². The molecule has 0 aliphatic heterocycles. The molecule has 0 saturated heterocycles. The number of hydrogen-bond acceptors (Lipinski definition) is 2. The van der Waals surface area contributed by atoms with E-state index in [2.05, 4.69) is 34.6 Å². The van der Waals surface area contributed by atoms with Crippen molar-refractivity contribution in [2.24, 2.45) is 7.05 Å².